The third-order valence-electron chi connectivity index (χ3n) is 1.54. The van der Waals surface area contributed by atoms with Gasteiger partial charge in [-0.25, -0.2) is 4.39 Å². The van der Waals surface area contributed by atoms with Crippen LogP contribution >= 0.6 is 11.3 Å². The molecule has 0 saturated carbocycles. The molecular formula is C9H6FS. The lowest BCUT2D eigenvalue weighted by molar-refractivity contribution is 0.640. The van der Waals surface area contributed by atoms with Crippen LogP contribution in [0.3, 0.4) is 0 Å². The lowest BCUT2D eigenvalue weighted by atomic mass is 10.2. The van der Waals surface area contributed by atoms with Crippen LogP contribution in [-0.4, -0.2) is 0 Å². The third-order valence-corrected chi connectivity index (χ3v) is 2.51. The van der Waals surface area contributed by atoms with E-state index in [2.05, 4.69) is 6.07 Å². The Bertz CT molecular complexity index is 389. The average Bonchev–Trinajstić information content (AvgIpc) is 2.31. The summed E-state index contributed by atoms with van der Waals surface area (Å²) in [6.07, 6.45) is 0. The van der Waals surface area contributed by atoms with Crippen LogP contribution in [0.4, 0.5) is 4.39 Å². The monoisotopic (exact) mass is 165 g/mol. The minimum atomic E-state index is -0.174. The molecule has 11 heavy (non-hydrogen) atoms. The Labute approximate surface area is 68.3 Å². The van der Waals surface area contributed by atoms with Crippen molar-refractivity contribution >= 4 is 21.4 Å². The van der Waals surface area contributed by atoms with Crippen molar-refractivity contribution in [2.24, 2.45) is 0 Å². The van der Waals surface area contributed by atoms with Gasteiger partial charge in [0.05, 0.1) is 0 Å². The molecule has 0 aliphatic rings. The maximum atomic E-state index is 13.0. The maximum Gasteiger partial charge on any atom is 0.132 e. The number of thiophene rings is 1. The van der Waals surface area contributed by atoms with E-state index >= 15 is 0 Å². The van der Waals surface area contributed by atoms with Gasteiger partial charge in [-0.3, -0.25) is 0 Å². The van der Waals surface area contributed by atoms with Crippen LogP contribution in [0, 0.1) is 18.8 Å². The summed E-state index contributed by atoms with van der Waals surface area (Å²) in [5.74, 6) is -0.174. The minimum absolute atomic E-state index is 0.174. The van der Waals surface area contributed by atoms with Crippen LogP contribution in [0.1, 0.15) is 4.88 Å². The molecule has 0 N–H and O–H groups in total. The standard InChI is InChI=1S/C9H6FS/c1-6-5-7-8(10)3-2-4-9(7)11-6/h2-4H,1H3. The predicted molar refractivity (Wildman–Crippen MR) is 45.4 cm³/mol. The summed E-state index contributed by atoms with van der Waals surface area (Å²) in [6, 6.07) is 8.07. The van der Waals surface area contributed by atoms with Crippen molar-refractivity contribution in [2.75, 3.05) is 0 Å². The number of aryl methyl sites for hydroxylation is 1. The molecule has 0 nitrogen and oxygen atoms in total. The zero-order valence-corrected chi connectivity index (χ0v) is 6.83. The molecule has 0 atom stereocenters. The molecule has 0 amide bonds. The first kappa shape index (κ1) is 6.80. The molecule has 2 rings (SSSR count). The molecule has 0 spiro atoms. The molecular weight excluding hydrogens is 159 g/mol. The molecule has 55 valence electrons. The van der Waals surface area contributed by atoms with Gasteiger partial charge in [-0.15, -0.1) is 11.3 Å². The topological polar surface area (TPSA) is 0 Å². The molecule has 1 heterocycles. The minimum Gasteiger partial charge on any atom is -0.206 e. The molecule has 1 aromatic heterocycles. The van der Waals surface area contributed by atoms with Gasteiger partial charge in [-0.05, 0) is 19.1 Å². The van der Waals surface area contributed by atoms with E-state index in [9.17, 15) is 4.39 Å². The van der Waals surface area contributed by atoms with Gasteiger partial charge in [0.2, 0.25) is 0 Å². The van der Waals surface area contributed by atoms with E-state index in [1.54, 1.807) is 17.4 Å². The van der Waals surface area contributed by atoms with Gasteiger partial charge in [-0.2, -0.15) is 0 Å². The fraction of sp³-hybridized carbons (Fsp3) is 0.111. The highest BCUT2D eigenvalue weighted by molar-refractivity contribution is 7.18. The number of hydrogen-bond acceptors (Lipinski definition) is 1. The lowest BCUT2D eigenvalue weighted by Crippen LogP contribution is -1.70. The molecule has 0 aliphatic heterocycles. The summed E-state index contributed by atoms with van der Waals surface area (Å²) in [4.78, 5) is 1.03. The summed E-state index contributed by atoms with van der Waals surface area (Å²) in [5, 5.41) is 0.620. The predicted octanol–water partition coefficient (Wildman–Crippen LogP) is 3.15. The van der Waals surface area contributed by atoms with Crippen LogP contribution in [0.2, 0.25) is 0 Å². The largest absolute Gasteiger partial charge is 0.206 e. The second kappa shape index (κ2) is 2.31. The summed E-state index contributed by atoms with van der Waals surface area (Å²) >= 11 is 1.57. The second-order valence-corrected chi connectivity index (χ2v) is 3.65. The molecule has 0 fully saturated rings. The van der Waals surface area contributed by atoms with Gasteiger partial charge < -0.3 is 0 Å². The Morgan fingerprint density at radius 3 is 3.00 bits per heavy atom. The summed E-state index contributed by atoms with van der Waals surface area (Å²) in [7, 11) is 0. The number of halogens is 1. The van der Waals surface area contributed by atoms with Crippen LogP contribution in [0.15, 0.2) is 18.2 Å². The van der Waals surface area contributed by atoms with Gasteiger partial charge in [0, 0.05) is 21.0 Å². The lowest BCUT2D eigenvalue weighted by Gasteiger charge is -1.87. The van der Waals surface area contributed by atoms with Crippen molar-refractivity contribution in [1.82, 2.24) is 0 Å². The number of hydrogen-bond donors (Lipinski definition) is 0. The van der Waals surface area contributed by atoms with Crippen LogP contribution in [0.25, 0.3) is 10.1 Å². The molecule has 0 aliphatic carbocycles. The van der Waals surface area contributed by atoms with Crippen molar-refractivity contribution in [3.8, 4) is 0 Å². The van der Waals surface area contributed by atoms with Crippen molar-refractivity contribution in [1.29, 1.82) is 0 Å². The SMILES string of the molecule is Cc1[c]c2c(F)cccc2s1. The molecule has 0 unspecified atom stereocenters. The highest BCUT2D eigenvalue weighted by atomic mass is 32.1. The first-order valence-electron chi connectivity index (χ1n) is 3.34. The molecule has 0 saturated heterocycles. The normalized spacial score (nSPS) is 10.7. The van der Waals surface area contributed by atoms with E-state index in [-0.39, 0.29) is 5.82 Å². The number of benzene rings is 1. The molecule has 1 radical (unpaired) electrons. The first-order valence-corrected chi connectivity index (χ1v) is 4.16. The van der Waals surface area contributed by atoms with E-state index < -0.39 is 0 Å². The summed E-state index contributed by atoms with van der Waals surface area (Å²) in [6.45, 7) is 1.93. The first-order chi connectivity index (χ1) is 5.27. The fourth-order valence-corrected chi connectivity index (χ4v) is 1.96. The average molecular weight is 165 g/mol. The highest BCUT2D eigenvalue weighted by Crippen LogP contribution is 2.25. The van der Waals surface area contributed by atoms with E-state index in [1.807, 2.05) is 13.0 Å². The van der Waals surface area contributed by atoms with Crippen LogP contribution in [-0.2, 0) is 0 Å². The van der Waals surface area contributed by atoms with Gasteiger partial charge in [0.1, 0.15) is 5.82 Å². The Balaban J connectivity index is 2.90. The van der Waals surface area contributed by atoms with Gasteiger partial charge in [0.15, 0.2) is 0 Å². The van der Waals surface area contributed by atoms with Gasteiger partial charge in [0.25, 0.3) is 0 Å². The smallest absolute Gasteiger partial charge is 0.132 e. The quantitative estimate of drug-likeness (QED) is 0.562. The van der Waals surface area contributed by atoms with Crippen molar-refractivity contribution < 1.29 is 4.39 Å². The molecule has 2 heteroatoms. The maximum absolute atomic E-state index is 13.0. The second-order valence-electron chi connectivity index (χ2n) is 2.40. The fourth-order valence-electron chi connectivity index (χ4n) is 1.08. The Hall–Kier alpha value is -0.890. The number of rotatable bonds is 0. The Morgan fingerprint density at radius 1 is 1.45 bits per heavy atom. The Morgan fingerprint density at radius 2 is 2.27 bits per heavy atom. The van der Waals surface area contributed by atoms with E-state index in [4.69, 9.17) is 0 Å². The van der Waals surface area contributed by atoms with E-state index in [0.29, 0.717) is 5.39 Å². The summed E-state index contributed by atoms with van der Waals surface area (Å²) < 4.78 is 13.9. The zero-order chi connectivity index (χ0) is 7.84. The van der Waals surface area contributed by atoms with Crippen molar-refractivity contribution in [3.63, 3.8) is 0 Å². The van der Waals surface area contributed by atoms with Crippen molar-refractivity contribution in [2.45, 2.75) is 6.92 Å². The molecule has 0 bridgehead atoms. The van der Waals surface area contributed by atoms with Crippen molar-refractivity contribution in [3.05, 3.63) is 35.0 Å². The molecule has 1 aromatic carbocycles. The highest BCUT2D eigenvalue weighted by Gasteiger charge is 2.02. The van der Waals surface area contributed by atoms with Gasteiger partial charge in [-0.1, -0.05) is 6.07 Å². The summed E-state index contributed by atoms with van der Waals surface area (Å²) in [5.41, 5.74) is 0. The van der Waals surface area contributed by atoms with E-state index in [1.165, 1.54) is 6.07 Å². The van der Waals surface area contributed by atoms with Gasteiger partial charge >= 0.3 is 0 Å². The zero-order valence-electron chi connectivity index (χ0n) is 6.02. The number of fused-ring (bicyclic) bond motifs is 1. The van der Waals surface area contributed by atoms with Crippen LogP contribution < -0.4 is 0 Å². The van der Waals surface area contributed by atoms with E-state index in [0.717, 1.165) is 9.58 Å². The Kier molecular flexibility index (Phi) is 1.43. The third kappa shape index (κ3) is 1.03. The van der Waals surface area contributed by atoms with Crippen LogP contribution in [0.5, 0.6) is 0 Å². The molecule has 2 aromatic rings.